The lowest BCUT2D eigenvalue weighted by Crippen LogP contribution is -2.51. The molecule has 2 aliphatic heterocycles. The van der Waals surface area contributed by atoms with Crippen molar-refractivity contribution in [2.75, 3.05) is 4.72 Å². The first-order valence-electron chi connectivity index (χ1n) is 9.27. The van der Waals surface area contributed by atoms with Gasteiger partial charge in [-0.2, -0.15) is 0 Å². The number of carbonyl (C=O) groups is 3. The molecule has 1 unspecified atom stereocenters. The Bertz CT molecular complexity index is 1220. The van der Waals surface area contributed by atoms with Gasteiger partial charge in [0.2, 0.25) is 5.91 Å². The maximum Gasteiger partial charge on any atom is 0.262 e. The van der Waals surface area contributed by atoms with Crippen molar-refractivity contribution in [3.8, 4) is 0 Å². The summed E-state index contributed by atoms with van der Waals surface area (Å²) in [6.07, 6.45) is 0.758. The highest BCUT2D eigenvalue weighted by molar-refractivity contribution is 7.92. The van der Waals surface area contributed by atoms with Crippen molar-refractivity contribution in [3.63, 3.8) is 0 Å². The van der Waals surface area contributed by atoms with Gasteiger partial charge in [0.15, 0.2) is 0 Å². The van der Waals surface area contributed by atoms with Crippen molar-refractivity contribution in [3.05, 3.63) is 71.4 Å². The highest BCUT2D eigenvalue weighted by Crippen LogP contribution is 2.30. The number of hydrogen-bond donors (Lipinski definition) is 2. The van der Waals surface area contributed by atoms with E-state index in [2.05, 4.69) is 16.6 Å². The van der Waals surface area contributed by atoms with Crippen molar-refractivity contribution in [1.82, 2.24) is 10.2 Å². The van der Waals surface area contributed by atoms with E-state index in [0.29, 0.717) is 18.5 Å². The number of rotatable bonds is 4. The highest BCUT2D eigenvalue weighted by Gasteiger charge is 2.44. The van der Waals surface area contributed by atoms with Crippen LogP contribution in [0.15, 0.2) is 59.6 Å². The van der Waals surface area contributed by atoms with Crippen LogP contribution in [0.1, 0.15) is 39.1 Å². The van der Waals surface area contributed by atoms with Gasteiger partial charge in [0.1, 0.15) is 6.04 Å². The van der Waals surface area contributed by atoms with Crippen LogP contribution >= 0.6 is 0 Å². The van der Waals surface area contributed by atoms with Crippen LogP contribution in [0.5, 0.6) is 0 Å². The average Bonchev–Trinajstić information content (AvgIpc) is 2.92. The second-order valence-corrected chi connectivity index (χ2v) is 8.99. The molecule has 154 valence electrons. The number of carbonyl (C=O) groups excluding carboxylic acids is 3. The topological polar surface area (TPSA) is 113 Å². The molecule has 1 saturated heterocycles. The van der Waals surface area contributed by atoms with E-state index in [0.717, 1.165) is 10.5 Å². The van der Waals surface area contributed by atoms with Gasteiger partial charge in [-0.25, -0.2) is 8.42 Å². The standard InChI is InChI=1S/C21H19N3O5S/c1-12-4-3-5-15(10-12)30(28,29)23-14-7-8-16-17(11-14)21(27)24(20(16)26)18-9-6-13(2)22-19(18)25/h3-5,7-8,10-11,18,23H,2,6,9H2,1H3,(H,22,25). The van der Waals surface area contributed by atoms with Crippen LogP contribution < -0.4 is 10.0 Å². The summed E-state index contributed by atoms with van der Waals surface area (Å²) in [7, 11) is -3.87. The molecule has 2 heterocycles. The van der Waals surface area contributed by atoms with E-state index >= 15 is 0 Å². The summed E-state index contributed by atoms with van der Waals surface area (Å²) in [5.41, 5.74) is 1.68. The Morgan fingerprint density at radius 2 is 1.80 bits per heavy atom. The molecule has 0 radical (unpaired) electrons. The molecule has 0 bridgehead atoms. The average molecular weight is 425 g/mol. The van der Waals surface area contributed by atoms with Crippen molar-refractivity contribution >= 4 is 33.4 Å². The molecule has 8 nitrogen and oxygen atoms in total. The summed E-state index contributed by atoms with van der Waals surface area (Å²) in [6.45, 7) is 5.48. The predicted molar refractivity (Wildman–Crippen MR) is 109 cm³/mol. The molecule has 9 heteroatoms. The van der Waals surface area contributed by atoms with Gasteiger partial charge in [-0.05, 0) is 55.7 Å². The first kappa shape index (κ1) is 19.8. The van der Waals surface area contributed by atoms with E-state index in [1.807, 2.05) is 0 Å². The Labute approximate surface area is 173 Å². The van der Waals surface area contributed by atoms with Gasteiger partial charge in [-0.15, -0.1) is 0 Å². The quantitative estimate of drug-likeness (QED) is 0.729. The maximum absolute atomic E-state index is 12.9. The molecule has 3 amide bonds. The largest absolute Gasteiger partial charge is 0.329 e. The maximum atomic E-state index is 12.9. The van der Waals surface area contributed by atoms with Crippen LogP contribution in [-0.2, 0) is 14.8 Å². The second-order valence-electron chi connectivity index (χ2n) is 7.31. The van der Waals surface area contributed by atoms with E-state index in [1.165, 1.54) is 30.3 Å². The third kappa shape index (κ3) is 3.37. The van der Waals surface area contributed by atoms with Gasteiger partial charge in [0.05, 0.1) is 16.0 Å². The van der Waals surface area contributed by atoms with Crippen LogP contribution in [0.2, 0.25) is 0 Å². The van der Waals surface area contributed by atoms with Crippen LogP contribution in [0.4, 0.5) is 5.69 Å². The SMILES string of the molecule is C=C1CCC(N2C(=O)c3ccc(NS(=O)(=O)c4cccc(C)c4)cc3C2=O)C(=O)N1. The Hall–Kier alpha value is -3.46. The normalized spacial score (nSPS) is 19.0. The fraction of sp³-hybridized carbons (Fsp3) is 0.190. The van der Waals surface area contributed by atoms with Crippen molar-refractivity contribution < 1.29 is 22.8 Å². The van der Waals surface area contributed by atoms with E-state index in [-0.39, 0.29) is 21.7 Å². The molecule has 0 aliphatic carbocycles. The summed E-state index contributed by atoms with van der Waals surface area (Å²) in [5.74, 6) is -1.66. The lowest BCUT2D eigenvalue weighted by molar-refractivity contribution is -0.125. The zero-order valence-corrected chi connectivity index (χ0v) is 17.0. The summed E-state index contributed by atoms with van der Waals surface area (Å²) in [4.78, 5) is 38.9. The molecule has 0 saturated carbocycles. The number of nitrogens with zero attached hydrogens (tertiary/aromatic N) is 1. The van der Waals surface area contributed by atoms with Crippen molar-refractivity contribution in [1.29, 1.82) is 0 Å². The molecular weight excluding hydrogens is 406 g/mol. The Morgan fingerprint density at radius 1 is 1.07 bits per heavy atom. The lowest BCUT2D eigenvalue weighted by Gasteiger charge is -2.29. The number of hydrogen-bond acceptors (Lipinski definition) is 5. The molecule has 4 rings (SSSR count). The monoisotopic (exact) mass is 425 g/mol. The first-order chi connectivity index (χ1) is 14.2. The van der Waals surface area contributed by atoms with Gasteiger partial charge in [0.25, 0.3) is 21.8 Å². The minimum Gasteiger partial charge on any atom is -0.329 e. The zero-order chi connectivity index (χ0) is 21.6. The molecule has 2 aromatic rings. The Morgan fingerprint density at radius 3 is 2.50 bits per heavy atom. The number of allylic oxidation sites excluding steroid dienone is 1. The number of nitrogens with one attached hydrogen (secondary N) is 2. The third-order valence-electron chi connectivity index (χ3n) is 5.10. The Kier molecular flexibility index (Phi) is 4.70. The van der Waals surface area contributed by atoms with Crippen molar-refractivity contribution in [2.24, 2.45) is 0 Å². The summed E-state index contributed by atoms with van der Waals surface area (Å²) < 4.78 is 27.7. The minimum atomic E-state index is -3.87. The first-order valence-corrected chi connectivity index (χ1v) is 10.8. The molecule has 30 heavy (non-hydrogen) atoms. The van der Waals surface area contributed by atoms with E-state index < -0.39 is 33.8 Å². The second kappa shape index (κ2) is 7.10. The predicted octanol–water partition coefficient (Wildman–Crippen LogP) is 2.18. The van der Waals surface area contributed by atoms with Crippen LogP contribution in [0, 0.1) is 6.92 Å². The van der Waals surface area contributed by atoms with Crippen LogP contribution in [0.25, 0.3) is 0 Å². The van der Waals surface area contributed by atoms with E-state index in [1.54, 1.807) is 19.1 Å². The van der Waals surface area contributed by atoms with Gasteiger partial charge < -0.3 is 5.32 Å². The van der Waals surface area contributed by atoms with E-state index in [9.17, 15) is 22.8 Å². The van der Waals surface area contributed by atoms with Gasteiger partial charge in [-0.1, -0.05) is 18.7 Å². The number of piperidine rings is 1. The number of fused-ring (bicyclic) bond motifs is 1. The fourth-order valence-electron chi connectivity index (χ4n) is 3.61. The number of amides is 3. The molecule has 2 aliphatic rings. The highest BCUT2D eigenvalue weighted by atomic mass is 32.2. The zero-order valence-electron chi connectivity index (χ0n) is 16.1. The molecule has 0 spiro atoms. The molecule has 0 aromatic heterocycles. The van der Waals surface area contributed by atoms with Gasteiger partial charge in [0, 0.05) is 11.4 Å². The Balaban J connectivity index is 1.62. The number of sulfonamides is 1. The molecule has 2 aromatic carbocycles. The minimum absolute atomic E-state index is 0.0571. The van der Waals surface area contributed by atoms with Crippen molar-refractivity contribution in [2.45, 2.75) is 30.7 Å². The molecule has 1 fully saturated rings. The number of benzene rings is 2. The molecular formula is C21H19N3O5S. The van der Waals surface area contributed by atoms with E-state index in [4.69, 9.17) is 0 Å². The number of anilines is 1. The lowest BCUT2D eigenvalue weighted by atomic mass is 10.0. The van der Waals surface area contributed by atoms with Gasteiger partial charge >= 0.3 is 0 Å². The van der Waals surface area contributed by atoms with Gasteiger partial charge in [-0.3, -0.25) is 24.0 Å². The summed E-state index contributed by atoms with van der Waals surface area (Å²) in [6, 6.07) is 9.63. The molecule has 2 N–H and O–H groups in total. The number of aryl methyl sites for hydroxylation is 1. The van der Waals surface area contributed by atoms with Crippen LogP contribution in [-0.4, -0.2) is 37.1 Å². The fourth-order valence-corrected chi connectivity index (χ4v) is 4.76. The summed E-state index contributed by atoms with van der Waals surface area (Å²) in [5, 5.41) is 2.57. The third-order valence-corrected chi connectivity index (χ3v) is 6.48. The van der Waals surface area contributed by atoms with Crippen LogP contribution in [0.3, 0.4) is 0 Å². The smallest absolute Gasteiger partial charge is 0.262 e. The number of imide groups is 1. The summed E-state index contributed by atoms with van der Waals surface area (Å²) >= 11 is 0. The molecule has 1 atom stereocenters.